The van der Waals surface area contributed by atoms with Crippen molar-refractivity contribution in [2.75, 3.05) is 19.4 Å². The van der Waals surface area contributed by atoms with Crippen LogP contribution in [0.1, 0.15) is 0 Å². The van der Waals surface area contributed by atoms with Gasteiger partial charge in [0.25, 0.3) is 0 Å². The second kappa shape index (κ2) is 4.96. The Morgan fingerprint density at radius 1 is 1.36 bits per heavy atom. The molecule has 0 saturated carbocycles. The maximum atomic E-state index is 11.4. The van der Waals surface area contributed by atoms with E-state index in [1.54, 1.807) is 12.1 Å². The van der Waals surface area contributed by atoms with Gasteiger partial charge in [0.2, 0.25) is 0 Å². The van der Waals surface area contributed by atoms with Crippen LogP contribution in [0, 0.1) is 0 Å². The first kappa shape index (κ1) is 10.2. The van der Waals surface area contributed by atoms with Gasteiger partial charge in [0, 0.05) is 12.7 Å². The summed E-state index contributed by atoms with van der Waals surface area (Å²) < 4.78 is 0. The highest BCUT2D eigenvalue weighted by Gasteiger charge is 2.06. The Morgan fingerprint density at radius 3 is 2.57 bits per heavy atom. The topological polar surface area (TPSA) is 57.1 Å². The molecule has 0 fully saturated rings. The summed E-state index contributed by atoms with van der Waals surface area (Å²) in [6.07, 6.45) is 0. The molecule has 1 aromatic rings. The molecule has 5 nitrogen and oxygen atoms in total. The molecular formula is C9H12N4O. The smallest absolute Gasteiger partial charge is 0.306 e. The average molecular weight is 192 g/mol. The van der Waals surface area contributed by atoms with E-state index >= 15 is 0 Å². The van der Waals surface area contributed by atoms with E-state index in [1.807, 2.05) is 18.2 Å². The summed E-state index contributed by atoms with van der Waals surface area (Å²) in [5.74, 6) is 0. The Bertz CT molecular complexity index is 323. The largest absolute Gasteiger partial charge is 0.343 e. The third-order valence-electron chi connectivity index (χ3n) is 1.54. The van der Waals surface area contributed by atoms with Crippen LogP contribution in [-0.4, -0.2) is 25.1 Å². The molecule has 0 spiro atoms. The Balaban J connectivity index is 2.57. The highest BCUT2D eigenvalue weighted by atomic mass is 16.2. The van der Waals surface area contributed by atoms with Crippen LogP contribution in [0.5, 0.6) is 0 Å². The standard InChI is InChI=1S/C9H12N4O/c1-10-12-13(2)9(14)11-8-6-4-3-5-7-8/h3-7H,1-2H3,(H,11,14)/b12-10-. The number of carbonyl (C=O) groups excluding carboxylic acids is 1. The number of benzene rings is 1. The van der Waals surface area contributed by atoms with Crippen molar-refractivity contribution < 1.29 is 4.79 Å². The van der Waals surface area contributed by atoms with Crippen molar-refractivity contribution in [3.05, 3.63) is 30.3 Å². The van der Waals surface area contributed by atoms with Gasteiger partial charge in [-0.3, -0.25) is 0 Å². The highest BCUT2D eigenvalue weighted by Crippen LogP contribution is 2.05. The van der Waals surface area contributed by atoms with Crippen LogP contribution in [-0.2, 0) is 0 Å². The first-order valence-corrected chi connectivity index (χ1v) is 4.13. The summed E-state index contributed by atoms with van der Waals surface area (Å²) in [7, 11) is 3.04. The Labute approximate surface area is 82.4 Å². The molecule has 0 aromatic heterocycles. The van der Waals surface area contributed by atoms with Crippen LogP contribution in [0.3, 0.4) is 0 Å². The zero-order valence-corrected chi connectivity index (χ0v) is 8.14. The quantitative estimate of drug-likeness (QED) is 0.566. The summed E-state index contributed by atoms with van der Waals surface area (Å²) in [4.78, 5) is 11.4. The van der Waals surface area contributed by atoms with Crippen LogP contribution in [0.2, 0.25) is 0 Å². The molecule has 1 aromatic carbocycles. The third kappa shape index (κ3) is 2.85. The van der Waals surface area contributed by atoms with Gasteiger partial charge in [-0.1, -0.05) is 23.4 Å². The Morgan fingerprint density at radius 2 is 2.00 bits per heavy atom. The van der Waals surface area contributed by atoms with Gasteiger partial charge in [0.1, 0.15) is 0 Å². The van der Waals surface area contributed by atoms with Crippen molar-refractivity contribution in [2.45, 2.75) is 0 Å². The predicted molar refractivity (Wildman–Crippen MR) is 54.0 cm³/mol. The molecule has 0 bridgehead atoms. The van der Waals surface area contributed by atoms with Crippen LogP contribution in [0.4, 0.5) is 10.5 Å². The molecule has 0 heterocycles. The van der Waals surface area contributed by atoms with Gasteiger partial charge in [0.05, 0.1) is 7.05 Å². The number of rotatable bonds is 2. The highest BCUT2D eigenvalue weighted by molar-refractivity contribution is 5.88. The van der Waals surface area contributed by atoms with Gasteiger partial charge in [-0.25, -0.2) is 4.79 Å². The maximum absolute atomic E-state index is 11.4. The molecule has 0 radical (unpaired) electrons. The van der Waals surface area contributed by atoms with E-state index in [0.29, 0.717) is 0 Å². The van der Waals surface area contributed by atoms with Crippen LogP contribution in [0.25, 0.3) is 0 Å². The number of nitrogens with one attached hydrogen (secondary N) is 1. The fourth-order valence-electron chi connectivity index (χ4n) is 0.901. The van der Waals surface area contributed by atoms with Crippen LogP contribution in [0.15, 0.2) is 40.7 Å². The lowest BCUT2D eigenvalue weighted by molar-refractivity contribution is 0.221. The van der Waals surface area contributed by atoms with Crippen LogP contribution >= 0.6 is 0 Å². The molecule has 0 aliphatic heterocycles. The average Bonchev–Trinajstić information content (AvgIpc) is 2.19. The minimum absolute atomic E-state index is 0.318. The van der Waals surface area contributed by atoms with Gasteiger partial charge in [-0.2, -0.15) is 10.1 Å². The fraction of sp³-hybridized carbons (Fsp3) is 0.222. The molecule has 74 valence electrons. The summed E-state index contributed by atoms with van der Waals surface area (Å²) >= 11 is 0. The van der Waals surface area contributed by atoms with Crippen LogP contribution < -0.4 is 5.32 Å². The monoisotopic (exact) mass is 192 g/mol. The molecule has 14 heavy (non-hydrogen) atoms. The fourth-order valence-corrected chi connectivity index (χ4v) is 0.901. The van der Waals surface area contributed by atoms with Crippen molar-refractivity contribution >= 4 is 11.7 Å². The van der Waals surface area contributed by atoms with Crippen molar-refractivity contribution in [3.8, 4) is 0 Å². The molecule has 1 rings (SSSR count). The third-order valence-corrected chi connectivity index (χ3v) is 1.54. The Hall–Kier alpha value is -1.91. The molecular weight excluding hydrogens is 180 g/mol. The summed E-state index contributed by atoms with van der Waals surface area (Å²) in [6, 6.07) is 8.85. The van der Waals surface area contributed by atoms with E-state index in [-0.39, 0.29) is 6.03 Å². The van der Waals surface area contributed by atoms with Gasteiger partial charge in [-0.05, 0) is 12.1 Å². The number of anilines is 1. The minimum atomic E-state index is -0.318. The van der Waals surface area contributed by atoms with Gasteiger partial charge in [-0.15, -0.1) is 0 Å². The summed E-state index contributed by atoms with van der Waals surface area (Å²) in [5.41, 5.74) is 0.732. The zero-order chi connectivity index (χ0) is 10.4. The number of hydrogen-bond donors (Lipinski definition) is 1. The van der Waals surface area contributed by atoms with Gasteiger partial charge < -0.3 is 5.32 Å². The van der Waals surface area contributed by atoms with Crippen molar-refractivity contribution in [1.82, 2.24) is 5.01 Å². The number of para-hydroxylation sites is 1. The van der Waals surface area contributed by atoms with Crippen molar-refractivity contribution in [2.24, 2.45) is 10.3 Å². The number of hydrogen-bond acceptors (Lipinski definition) is 3. The molecule has 0 atom stereocenters. The number of carbonyl (C=O) groups is 1. The minimum Gasteiger partial charge on any atom is -0.306 e. The lowest BCUT2D eigenvalue weighted by Gasteiger charge is -2.10. The second-order valence-electron chi connectivity index (χ2n) is 2.61. The van der Waals surface area contributed by atoms with E-state index in [1.165, 1.54) is 14.1 Å². The lowest BCUT2D eigenvalue weighted by Crippen LogP contribution is -2.26. The Kier molecular flexibility index (Phi) is 3.60. The van der Waals surface area contributed by atoms with E-state index in [2.05, 4.69) is 15.7 Å². The number of urea groups is 1. The predicted octanol–water partition coefficient (Wildman–Crippen LogP) is 2.15. The second-order valence-corrected chi connectivity index (χ2v) is 2.61. The van der Waals surface area contributed by atoms with E-state index < -0.39 is 0 Å². The molecule has 0 saturated heterocycles. The maximum Gasteiger partial charge on any atom is 0.343 e. The molecule has 0 unspecified atom stereocenters. The lowest BCUT2D eigenvalue weighted by atomic mass is 10.3. The zero-order valence-electron chi connectivity index (χ0n) is 8.14. The molecule has 1 N–H and O–H groups in total. The van der Waals surface area contributed by atoms with E-state index in [4.69, 9.17) is 0 Å². The first-order chi connectivity index (χ1) is 6.74. The first-order valence-electron chi connectivity index (χ1n) is 4.13. The summed E-state index contributed by atoms with van der Waals surface area (Å²) in [5, 5.41) is 10.8. The number of amides is 2. The van der Waals surface area contributed by atoms with E-state index in [0.717, 1.165) is 10.7 Å². The normalized spacial score (nSPS) is 10.1. The molecule has 0 aliphatic rings. The van der Waals surface area contributed by atoms with Crippen molar-refractivity contribution in [1.29, 1.82) is 0 Å². The van der Waals surface area contributed by atoms with Crippen molar-refractivity contribution in [3.63, 3.8) is 0 Å². The molecule has 5 heteroatoms. The summed E-state index contributed by atoms with van der Waals surface area (Å²) in [6.45, 7) is 0. The molecule has 2 amide bonds. The SMILES string of the molecule is C/N=N\N(C)C(=O)Nc1ccccc1. The van der Waals surface area contributed by atoms with Gasteiger partial charge >= 0.3 is 6.03 Å². The molecule has 0 aliphatic carbocycles. The number of nitrogens with zero attached hydrogens (tertiary/aromatic N) is 3. The van der Waals surface area contributed by atoms with Gasteiger partial charge in [0.15, 0.2) is 0 Å². The van der Waals surface area contributed by atoms with E-state index in [9.17, 15) is 4.79 Å².